The number of hydrogen-bond donors (Lipinski definition) is 3. The number of urea groups is 1. The van der Waals surface area contributed by atoms with E-state index in [4.69, 9.17) is 4.74 Å². The highest BCUT2D eigenvalue weighted by Gasteiger charge is 2.32. The number of aryl methyl sites for hydroxylation is 2. The minimum atomic E-state index is -4.64. The van der Waals surface area contributed by atoms with Crippen LogP contribution in [0.15, 0.2) is 73.3 Å². The van der Waals surface area contributed by atoms with Crippen molar-refractivity contribution in [3.63, 3.8) is 0 Å². The maximum absolute atomic E-state index is 13.4. The molecule has 2 aromatic carbocycles. The summed E-state index contributed by atoms with van der Waals surface area (Å²) in [5.74, 6) is 0.509. The van der Waals surface area contributed by atoms with Crippen LogP contribution >= 0.6 is 11.3 Å². The van der Waals surface area contributed by atoms with Crippen molar-refractivity contribution in [2.75, 3.05) is 22.5 Å². The van der Waals surface area contributed by atoms with Crippen LogP contribution in [0.5, 0.6) is 11.8 Å². The third-order valence-corrected chi connectivity index (χ3v) is 7.32. The second kappa shape index (κ2) is 12.4. The number of halogens is 3. The second-order valence-corrected chi connectivity index (χ2v) is 10.5. The SMILES string of the molecule is CCNc1ncc(-c2ccc(Oc3ncc(NC(=O)Nc4cc(C(F)(F)F)cnc4-c4ccc(C)c(C)c4)cn3)cc2)s1. The summed E-state index contributed by atoms with van der Waals surface area (Å²) in [5, 5.41) is 9.04. The summed E-state index contributed by atoms with van der Waals surface area (Å²) in [7, 11) is 0. The van der Waals surface area contributed by atoms with Crippen molar-refractivity contribution in [2.45, 2.75) is 26.9 Å². The van der Waals surface area contributed by atoms with Gasteiger partial charge in [0.25, 0.3) is 0 Å². The van der Waals surface area contributed by atoms with Gasteiger partial charge in [-0.25, -0.2) is 19.7 Å². The quantitative estimate of drug-likeness (QED) is 0.163. The first-order chi connectivity index (χ1) is 20.6. The molecule has 13 heteroatoms. The highest BCUT2D eigenvalue weighted by atomic mass is 32.1. The molecule has 0 aliphatic heterocycles. The van der Waals surface area contributed by atoms with Gasteiger partial charge >= 0.3 is 18.2 Å². The van der Waals surface area contributed by atoms with Crippen molar-refractivity contribution in [1.82, 2.24) is 19.9 Å². The van der Waals surface area contributed by atoms with E-state index in [1.165, 1.54) is 12.4 Å². The summed E-state index contributed by atoms with van der Waals surface area (Å²) in [6.07, 6.45) is 0.558. The predicted octanol–water partition coefficient (Wildman–Crippen LogP) is 8.17. The van der Waals surface area contributed by atoms with E-state index in [1.807, 2.05) is 39.0 Å². The van der Waals surface area contributed by atoms with Gasteiger partial charge in [0.15, 0.2) is 5.13 Å². The average molecular weight is 606 g/mol. The van der Waals surface area contributed by atoms with E-state index in [9.17, 15) is 18.0 Å². The fourth-order valence-corrected chi connectivity index (χ4v) is 4.87. The lowest BCUT2D eigenvalue weighted by molar-refractivity contribution is -0.137. The third kappa shape index (κ3) is 7.25. The van der Waals surface area contributed by atoms with Crippen LogP contribution in [-0.2, 0) is 6.18 Å². The molecule has 220 valence electrons. The lowest BCUT2D eigenvalue weighted by Crippen LogP contribution is -2.21. The minimum absolute atomic E-state index is 0.0463. The Morgan fingerprint density at radius 3 is 2.26 bits per heavy atom. The monoisotopic (exact) mass is 605 g/mol. The Bertz CT molecular complexity index is 1740. The fraction of sp³-hybridized carbons (Fsp3) is 0.167. The summed E-state index contributed by atoms with van der Waals surface area (Å²) in [4.78, 5) is 30.4. The zero-order valence-corrected chi connectivity index (χ0v) is 24.1. The summed E-state index contributed by atoms with van der Waals surface area (Å²) in [6, 6.07) is 12.8. The van der Waals surface area contributed by atoms with Crippen molar-refractivity contribution in [3.05, 3.63) is 90.0 Å². The van der Waals surface area contributed by atoms with Crippen LogP contribution in [0, 0.1) is 13.8 Å². The van der Waals surface area contributed by atoms with Gasteiger partial charge in [-0.05, 0) is 73.9 Å². The third-order valence-electron chi connectivity index (χ3n) is 6.31. The van der Waals surface area contributed by atoms with Crippen LogP contribution in [-0.4, -0.2) is 32.5 Å². The molecule has 5 rings (SSSR count). The summed E-state index contributed by atoms with van der Waals surface area (Å²) < 4.78 is 46.0. The van der Waals surface area contributed by atoms with Crippen molar-refractivity contribution in [3.8, 4) is 33.5 Å². The largest absolute Gasteiger partial charge is 0.424 e. The molecule has 43 heavy (non-hydrogen) atoms. The lowest BCUT2D eigenvalue weighted by Gasteiger charge is -2.15. The van der Waals surface area contributed by atoms with Gasteiger partial charge in [0.2, 0.25) is 0 Å². The van der Waals surface area contributed by atoms with Crippen molar-refractivity contribution < 1.29 is 22.7 Å². The van der Waals surface area contributed by atoms with Crippen molar-refractivity contribution in [2.24, 2.45) is 0 Å². The van der Waals surface area contributed by atoms with Crippen molar-refractivity contribution in [1.29, 1.82) is 0 Å². The molecule has 0 aliphatic carbocycles. The van der Waals surface area contributed by atoms with E-state index in [0.717, 1.165) is 45.5 Å². The number of nitrogens with zero attached hydrogens (tertiary/aromatic N) is 4. The number of ether oxygens (including phenoxy) is 1. The van der Waals surface area contributed by atoms with Crippen molar-refractivity contribution >= 4 is 33.9 Å². The molecule has 9 nitrogen and oxygen atoms in total. The number of benzene rings is 2. The average Bonchev–Trinajstić information content (AvgIpc) is 3.44. The Hall–Kier alpha value is -5.04. The van der Waals surface area contributed by atoms with Gasteiger partial charge < -0.3 is 20.7 Å². The molecule has 0 aliphatic rings. The Morgan fingerprint density at radius 1 is 0.860 bits per heavy atom. The normalized spacial score (nSPS) is 11.2. The molecule has 0 fully saturated rings. The predicted molar refractivity (Wildman–Crippen MR) is 161 cm³/mol. The number of pyridine rings is 1. The molecule has 3 heterocycles. The fourth-order valence-electron chi connectivity index (χ4n) is 3.99. The highest BCUT2D eigenvalue weighted by molar-refractivity contribution is 7.18. The van der Waals surface area contributed by atoms with E-state index in [2.05, 4.69) is 35.9 Å². The molecule has 0 saturated heterocycles. The Labute approximate surface area is 249 Å². The minimum Gasteiger partial charge on any atom is -0.424 e. The molecule has 0 atom stereocenters. The topological polar surface area (TPSA) is 114 Å². The second-order valence-electron chi connectivity index (χ2n) is 9.44. The molecular weight excluding hydrogens is 579 g/mol. The maximum Gasteiger partial charge on any atom is 0.417 e. The molecular formula is C30H26F3N7O2S. The van der Waals surface area contributed by atoms with Crippen LogP contribution in [0.3, 0.4) is 0 Å². The number of thiazole rings is 1. The van der Waals surface area contributed by atoms with Crippen LogP contribution in [0.25, 0.3) is 21.7 Å². The highest BCUT2D eigenvalue weighted by Crippen LogP contribution is 2.35. The molecule has 0 bridgehead atoms. The number of hydrogen-bond acceptors (Lipinski definition) is 8. The van der Waals surface area contributed by atoms with Gasteiger partial charge in [-0.3, -0.25) is 4.98 Å². The van der Waals surface area contributed by atoms with E-state index in [1.54, 1.807) is 41.8 Å². The first kappa shape index (κ1) is 29.5. The maximum atomic E-state index is 13.4. The first-order valence-corrected chi connectivity index (χ1v) is 13.9. The van der Waals surface area contributed by atoms with Gasteiger partial charge in [0.05, 0.1) is 39.9 Å². The van der Waals surface area contributed by atoms with Gasteiger partial charge in [0.1, 0.15) is 5.75 Å². The van der Waals surface area contributed by atoms with Crippen LogP contribution in [0.1, 0.15) is 23.6 Å². The molecule has 0 saturated carbocycles. The number of nitrogens with one attached hydrogen (secondary N) is 3. The van der Waals surface area contributed by atoms with E-state index in [0.29, 0.717) is 11.3 Å². The van der Waals surface area contributed by atoms with Gasteiger partial charge in [-0.15, -0.1) is 0 Å². The van der Waals surface area contributed by atoms with Gasteiger partial charge in [0, 0.05) is 24.5 Å². The Balaban J connectivity index is 1.25. The van der Waals surface area contributed by atoms with E-state index >= 15 is 0 Å². The van der Waals surface area contributed by atoms with E-state index in [-0.39, 0.29) is 23.1 Å². The number of rotatable bonds is 8. The van der Waals surface area contributed by atoms with Gasteiger partial charge in [-0.2, -0.15) is 13.2 Å². The summed E-state index contributed by atoms with van der Waals surface area (Å²) in [6.45, 7) is 6.61. The number of aromatic nitrogens is 4. The van der Waals surface area contributed by atoms with Crippen LogP contribution in [0.4, 0.5) is 34.5 Å². The summed E-state index contributed by atoms with van der Waals surface area (Å²) in [5.41, 5.74) is 2.81. The zero-order chi connectivity index (χ0) is 30.6. The first-order valence-electron chi connectivity index (χ1n) is 13.1. The lowest BCUT2D eigenvalue weighted by atomic mass is 10.0. The number of alkyl halides is 3. The number of carbonyl (C=O) groups is 1. The number of amides is 2. The smallest absolute Gasteiger partial charge is 0.417 e. The molecule has 0 unspecified atom stereocenters. The number of carbonyl (C=O) groups excluding carboxylic acids is 1. The molecule has 5 aromatic rings. The van der Waals surface area contributed by atoms with Crippen LogP contribution < -0.4 is 20.7 Å². The molecule has 3 N–H and O–H groups in total. The van der Waals surface area contributed by atoms with E-state index < -0.39 is 17.8 Å². The summed E-state index contributed by atoms with van der Waals surface area (Å²) >= 11 is 1.55. The Morgan fingerprint density at radius 2 is 1.58 bits per heavy atom. The molecule has 3 aromatic heterocycles. The van der Waals surface area contributed by atoms with Crippen LogP contribution in [0.2, 0.25) is 0 Å². The molecule has 2 amide bonds. The van der Waals surface area contributed by atoms with Gasteiger partial charge in [-0.1, -0.05) is 23.5 Å². The molecule has 0 spiro atoms. The zero-order valence-electron chi connectivity index (χ0n) is 23.3. The Kier molecular flexibility index (Phi) is 8.53. The standard InChI is InChI=1S/C30H26F3N7O2S/c1-4-34-29-38-16-25(43-29)19-7-9-23(10-8-19)42-28-36-14-22(15-37-28)39-27(41)40-24-12-21(30(31,32)33)13-35-26(24)20-6-5-17(2)18(3)11-20/h5-16H,4H2,1-3H3,(H,34,38)(H2,39,40,41). The molecule has 0 radical (unpaired) electrons. The number of anilines is 3.